The molecule has 0 aliphatic heterocycles. The third kappa shape index (κ3) is 4.52. The van der Waals surface area contributed by atoms with E-state index in [1.165, 1.54) is 12.3 Å². The number of carboxylic acid groups (broad SMARTS) is 2. The molecule has 0 saturated heterocycles. The van der Waals surface area contributed by atoms with Gasteiger partial charge in [0.1, 0.15) is 18.8 Å². The van der Waals surface area contributed by atoms with Gasteiger partial charge in [0.05, 0.1) is 6.26 Å². The molecule has 1 rings (SSSR count). The first-order valence-electron chi connectivity index (χ1n) is 4.93. The Kier molecular flexibility index (Phi) is 4.67. The van der Waals surface area contributed by atoms with E-state index < -0.39 is 30.9 Å². The van der Waals surface area contributed by atoms with Crippen LogP contribution in [0.2, 0.25) is 0 Å². The van der Waals surface area contributed by atoms with Gasteiger partial charge in [0.2, 0.25) is 5.91 Å². The summed E-state index contributed by atoms with van der Waals surface area (Å²) < 4.78 is 4.94. The number of aliphatic carboxylic acids is 2. The maximum absolute atomic E-state index is 11.6. The van der Waals surface area contributed by atoms with Crippen LogP contribution in [0.5, 0.6) is 0 Å². The minimum Gasteiger partial charge on any atom is -0.480 e. The lowest BCUT2D eigenvalue weighted by Crippen LogP contribution is -2.38. The zero-order chi connectivity index (χ0) is 13.5. The fourth-order valence-electron chi connectivity index (χ4n) is 1.18. The summed E-state index contributed by atoms with van der Waals surface area (Å²) >= 11 is 0. The van der Waals surface area contributed by atoms with Gasteiger partial charge in [0, 0.05) is 6.08 Å². The number of carbonyl (C=O) groups is 3. The summed E-state index contributed by atoms with van der Waals surface area (Å²) in [6.45, 7) is -1.35. The molecule has 0 radical (unpaired) electrons. The zero-order valence-corrected chi connectivity index (χ0v) is 9.28. The van der Waals surface area contributed by atoms with E-state index >= 15 is 0 Å². The molecule has 1 aromatic rings. The van der Waals surface area contributed by atoms with Crippen molar-refractivity contribution in [2.24, 2.45) is 0 Å². The first-order chi connectivity index (χ1) is 8.49. The van der Waals surface area contributed by atoms with Crippen molar-refractivity contribution in [1.82, 2.24) is 4.90 Å². The number of hydrogen-bond donors (Lipinski definition) is 2. The molecule has 1 heterocycles. The van der Waals surface area contributed by atoms with Crippen LogP contribution in [0.1, 0.15) is 5.76 Å². The molecular weight excluding hydrogens is 242 g/mol. The van der Waals surface area contributed by atoms with Crippen LogP contribution < -0.4 is 0 Å². The first-order valence-corrected chi connectivity index (χ1v) is 4.93. The Balaban J connectivity index is 2.69. The molecule has 0 spiro atoms. The van der Waals surface area contributed by atoms with Crippen LogP contribution in [-0.2, 0) is 14.4 Å². The minimum atomic E-state index is -1.28. The van der Waals surface area contributed by atoms with Crippen LogP contribution in [0.15, 0.2) is 28.9 Å². The smallest absolute Gasteiger partial charge is 0.323 e. The van der Waals surface area contributed by atoms with Gasteiger partial charge in [-0.3, -0.25) is 14.4 Å². The standard InChI is InChI=1S/C11H11NO6/c13-9(4-3-8-2-1-5-18-8)12(6-10(14)15)7-11(16)17/h1-5H,6-7H2,(H,14,15)(H,16,17). The Hall–Kier alpha value is -2.57. The fraction of sp³-hybridized carbons (Fsp3) is 0.182. The molecule has 7 heteroatoms. The Bertz CT molecular complexity index is 446. The fourth-order valence-corrected chi connectivity index (χ4v) is 1.18. The SMILES string of the molecule is O=C(O)CN(CC(=O)O)C(=O)C=Cc1ccco1. The second-order valence-electron chi connectivity index (χ2n) is 3.33. The number of rotatable bonds is 6. The zero-order valence-electron chi connectivity index (χ0n) is 9.28. The molecule has 0 unspecified atom stereocenters. The number of hydrogen-bond acceptors (Lipinski definition) is 4. The van der Waals surface area contributed by atoms with Crippen molar-refractivity contribution in [3.63, 3.8) is 0 Å². The average Bonchev–Trinajstić information content (AvgIpc) is 2.76. The Morgan fingerprint density at radius 1 is 1.22 bits per heavy atom. The molecule has 2 N–H and O–H groups in total. The van der Waals surface area contributed by atoms with E-state index in [9.17, 15) is 14.4 Å². The van der Waals surface area contributed by atoms with Crippen molar-refractivity contribution in [2.75, 3.05) is 13.1 Å². The van der Waals surface area contributed by atoms with Crippen LogP contribution in [0.25, 0.3) is 6.08 Å². The van der Waals surface area contributed by atoms with Crippen molar-refractivity contribution < 1.29 is 29.0 Å². The number of furan rings is 1. The summed E-state index contributed by atoms with van der Waals surface area (Å²) in [4.78, 5) is 33.3. The van der Waals surface area contributed by atoms with Gasteiger partial charge < -0.3 is 19.5 Å². The highest BCUT2D eigenvalue weighted by Gasteiger charge is 2.17. The van der Waals surface area contributed by atoms with Gasteiger partial charge >= 0.3 is 11.9 Å². The van der Waals surface area contributed by atoms with Crippen molar-refractivity contribution in [1.29, 1.82) is 0 Å². The lowest BCUT2D eigenvalue weighted by atomic mass is 10.3. The summed E-state index contributed by atoms with van der Waals surface area (Å²) in [5.74, 6) is -2.86. The third-order valence-electron chi connectivity index (χ3n) is 1.90. The summed E-state index contributed by atoms with van der Waals surface area (Å²) in [5, 5.41) is 17.1. The second kappa shape index (κ2) is 6.24. The van der Waals surface area contributed by atoms with Crippen LogP contribution in [-0.4, -0.2) is 46.0 Å². The molecular formula is C11H11NO6. The molecule has 0 aliphatic carbocycles. The highest BCUT2D eigenvalue weighted by atomic mass is 16.4. The molecule has 0 atom stereocenters. The Labute approximate surface area is 102 Å². The number of carboxylic acids is 2. The second-order valence-corrected chi connectivity index (χ2v) is 3.33. The third-order valence-corrected chi connectivity index (χ3v) is 1.90. The monoisotopic (exact) mass is 253 g/mol. The lowest BCUT2D eigenvalue weighted by molar-refractivity contribution is -0.147. The van der Waals surface area contributed by atoms with E-state index in [1.807, 2.05) is 0 Å². The van der Waals surface area contributed by atoms with E-state index in [-0.39, 0.29) is 0 Å². The van der Waals surface area contributed by atoms with Crippen molar-refractivity contribution in [3.05, 3.63) is 30.2 Å². The quantitative estimate of drug-likeness (QED) is 0.705. The predicted octanol–water partition coefficient (Wildman–Crippen LogP) is 0.291. The van der Waals surface area contributed by atoms with Gasteiger partial charge in [-0.15, -0.1) is 0 Å². The maximum atomic E-state index is 11.6. The number of nitrogens with zero attached hydrogens (tertiary/aromatic N) is 1. The van der Waals surface area contributed by atoms with Crippen molar-refractivity contribution in [3.8, 4) is 0 Å². The summed E-state index contributed by atoms with van der Waals surface area (Å²) in [5.41, 5.74) is 0. The summed E-state index contributed by atoms with van der Waals surface area (Å²) in [6, 6.07) is 3.22. The van der Waals surface area contributed by atoms with Crippen LogP contribution in [0.3, 0.4) is 0 Å². The molecule has 1 aromatic heterocycles. The van der Waals surface area contributed by atoms with E-state index in [0.717, 1.165) is 6.08 Å². The molecule has 0 saturated carbocycles. The Morgan fingerprint density at radius 3 is 2.28 bits per heavy atom. The first kappa shape index (κ1) is 13.5. The van der Waals surface area contributed by atoms with E-state index in [2.05, 4.69) is 0 Å². The van der Waals surface area contributed by atoms with E-state index in [4.69, 9.17) is 14.6 Å². The van der Waals surface area contributed by atoms with Crippen LogP contribution in [0.4, 0.5) is 0 Å². The van der Waals surface area contributed by atoms with Crippen molar-refractivity contribution >= 4 is 23.9 Å². The highest BCUT2D eigenvalue weighted by Crippen LogP contribution is 2.03. The Morgan fingerprint density at radius 2 is 1.83 bits per heavy atom. The molecule has 0 bridgehead atoms. The van der Waals surface area contributed by atoms with Gasteiger partial charge in [-0.05, 0) is 18.2 Å². The predicted molar refractivity (Wildman–Crippen MR) is 59.6 cm³/mol. The van der Waals surface area contributed by atoms with E-state index in [1.54, 1.807) is 12.1 Å². The summed E-state index contributed by atoms with van der Waals surface area (Å²) in [6.07, 6.45) is 3.81. The molecule has 0 fully saturated rings. The summed E-state index contributed by atoms with van der Waals surface area (Å²) in [7, 11) is 0. The molecule has 7 nitrogen and oxygen atoms in total. The van der Waals surface area contributed by atoms with Gasteiger partial charge in [-0.2, -0.15) is 0 Å². The van der Waals surface area contributed by atoms with Gasteiger partial charge in [-0.25, -0.2) is 0 Å². The van der Waals surface area contributed by atoms with Gasteiger partial charge in [0.25, 0.3) is 0 Å². The van der Waals surface area contributed by atoms with Crippen LogP contribution in [0, 0.1) is 0 Å². The van der Waals surface area contributed by atoms with E-state index in [0.29, 0.717) is 10.7 Å². The lowest BCUT2D eigenvalue weighted by Gasteiger charge is -2.15. The minimum absolute atomic E-state index is 0.411. The number of carbonyl (C=O) groups excluding carboxylic acids is 1. The van der Waals surface area contributed by atoms with Crippen LogP contribution >= 0.6 is 0 Å². The van der Waals surface area contributed by atoms with Gasteiger partial charge in [0.15, 0.2) is 0 Å². The molecule has 0 aromatic carbocycles. The maximum Gasteiger partial charge on any atom is 0.323 e. The molecule has 0 aliphatic rings. The molecule has 18 heavy (non-hydrogen) atoms. The number of amides is 1. The normalized spacial score (nSPS) is 10.4. The largest absolute Gasteiger partial charge is 0.480 e. The topological polar surface area (TPSA) is 108 Å². The average molecular weight is 253 g/mol. The van der Waals surface area contributed by atoms with Gasteiger partial charge in [-0.1, -0.05) is 0 Å². The molecule has 96 valence electrons. The highest BCUT2D eigenvalue weighted by molar-refractivity contribution is 5.95. The van der Waals surface area contributed by atoms with Crippen molar-refractivity contribution in [2.45, 2.75) is 0 Å². The molecule has 1 amide bonds.